The van der Waals surface area contributed by atoms with E-state index in [4.69, 9.17) is 53.4 Å². The molecule has 530 valence electrons. The molecule has 3 amide bonds. The third kappa shape index (κ3) is 14.7. The number of amides is 3. The van der Waals surface area contributed by atoms with Crippen LogP contribution < -0.4 is 19.4 Å². The molecule has 13 heterocycles. The van der Waals surface area contributed by atoms with Gasteiger partial charge in [-0.3, -0.25) is 19.1 Å². The molecule has 0 unspecified atom stereocenters. The lowest BCUT2D eigenvalue weighted by Gasteiger charge is -2.35. The van der Waals surface area contributed by atoms with Crippen LogP contribution in [-0.4, -0.2) is 152 Å². The molecule has 2 aromatic carbocycles. The molecule has 0 aliphatic carbocycles. The van der Waals surface area contributed by atoms with Crippen LogP contribution in [0.1, 0.15) is 200 Å². The van der Waals surface area contributed by atoms with Crippen LogP contribution in [-0.2, 0) is 6.54 Å². The van der Waals surface area contributed by atoms with E-state index in [1.165, 1.54) is 37.1 Å². The van der Waals surface area contributed by atoms with E-state index in [2.05, 4.69) is 72.3 Å². The quantitative estimate of drug-likeness (QED) is 0.106. The molecule has 0 radical (unpaired) electrons. The number of likely N-dealkylation sites (tertiary alicyclic amines) is 3. The molecule has 26 heteroatoms. The van der Waals surface area contributed by atoms with Crippen molar-refractivity contribution in [2.24, 2.45) is 17.8 Å². The van der Waals surface area contributed by atoms with Crippen molar-refractivity contribution >= 4 is 75.3 Å². The third-order valence-corrected chi connectivity index (χ3v) is 21.4. The van der Waals surface area contributed by atoms with Gasteiger partial charge in [0.15, 0.2) is 22.6 Å². The summed E-state index contributed by atoms with van der Waals surface area (Å²) < 4.78 is 51.5. The monoisotopic (exact) mass is 1410 g/mol. The molecule has 15 rings (SSSR count). The van der Waals surface area contributed by atoms with Gasteiger partial charge in [-0.1, -0.05) is 63.0 Å². The predicted octanol–water partition coefficient (Wildman–Crippen LogP) is 14.7. The molecular weight excluding hydrogens is 1320 g/mol. The number of alkyl halides is 2. The minimum Gasteiger partial charge on any atom is -0.434 e. The fourth-order valence-corrected chi connectivity index (χ4v) is 15.8. The van der Waals surface area contributed by atoms with Crippen LogP contribution in [0.15, 0.2) is 79.4 Å². The predicted molar refractivity (Wildman–Crippen MR) is 381 cm³/mol. The number of ether oxygens (including phenoxy) is 1. The summed E-state index contributed by atoms with van der Waals surface area (Å²) in [4.78, 5) is 67.7. The zero-order valence-electron chi connectivity index (χ0n) is 58.4. The van der Waals surface area contributed by atoms with Crippen LogP contribution in [0.2, 0.25) is 10.0 Å². The first-order valence-electron chi connectivity index (χ1n) is 35.7. The molecule has 6 aliphatic rings. The summed E-state index contributed by atoms with van der Waals surface area (Å²) in [7, 11) is 0. The lowest BCUT2D eigenvalue weighted by atomic mass is 9.98. The number of anilines is 3. The van der Waals surface area contributed by atoms with Crippen molar-refractivity contribution in [1.82, 2.24) is 68.3 Å². The molecule has 9 aromatic rings. The van der Waals surface area contributed by atoms with Gasteiger partial charge in [-0.25, -0.2) is 32.9 Å². The first-order valence-corrected chi connectivity index (χ1v) is 36.4. The number of aromatic nitrogens is 11. The minimum atomic E-state index is -2.99. The third-order valence-electron chi connectivity index (χ3n) is 20.6. The largest absolute Gasteiger partial charge is 0.434 e. The first-order chi connectivity index (χ1) is 48.2. The van der Waals surface area contributed by atoms with E-state index in [1.807, 2.05) is 56.3 Å². The molecule has 6 saturated heterocycles. The average Bonchev–Trinajstić information content (AvgIpc) is 1.62. The topological polar surface area (TPSA) is 188 Å². The van der Waals surface area contributed by atoms with Crippen LogP contribution in [0.3, 0.4) is 0 Å². The zero-order valence-corrected chi connectivity index (χ0v) is 59.9. The van der Waals surface area contributed by atoms with E-state index in [0.29, 0.717) is 59.2 Å². The van der Waals surface area contributed by atoms with Crippen molar-refractivity contribution in [3.8, 4) is 5.75 Å². The van der Waals surface area contributed by atoms with E-state index in [0.717, 1.165) is 185 Å². The van der Waals surface area contributed by atoms with Gasteiger partial charge in [0.05, 0.1) is 56.4 Å². The van der Waals surface area contributed by atoms with Gasteiger partial charge in [0.2, 0.25) is 0 Å². The zero-order chi connectivity index (χ0) is 70.2. The highest BCUT2D eigenvalue weighted by molar-refractivity contribution is 6.34. The second-order valence-electron chi connectivity index (χ2n) is 28.4. The number of piperidine rings is 3. The number of para-hydroxylation sites is 1. The number of aryl methyl sites for hydroxylation is 4. The number of benzene rings is 2. The Morgan fingerprint density at radius 1 is 0.530 bits per heavy atom. The number of rotatable bonds is 13. The summed E-state index contributed by atoms with van der Waals surface area (Å²) in [5.41, 5.74) is 9.22. The summed E-state index contributed by atoms with van der Waals surface area (Å²) in [6, 6.07) is 14.4. The van der Waals surface area contributed by atoms with Gasteiger partial charge in [0.25, 0.3) is 17.7 Å². The second-order valence-corrected chi connectivity index (χ2v) is 29.2. The molecule has 0 spiro atoms. The van der Waals surface area contributed by atoms with E-state index in [9.17, 15) is 27.6 Å². The van der Waals surface area contributed by atoms with Crippen molar-refractivity contribution in [2.75, 3.05) is 73.6 Å². The Labute approximate surface area is 591 Å². The van der Waals surface area contributed by atoms with Crippen molar-refractivity contribution in [2.45, 2.75) is 170 Å². The van der Waals surface area contributed by atoms with E-state index < -0.39 is 12.4 Å². The standard InChI is InChI=1S/C25H29ClFN5O.C25H29F2N5O2.C24H32ClN7O/c1-15-9-11-30(13-15)24-16(2)14-32-22(28-24)12-20(29-32)21-6-4-5-10-31(21)25(33)18-7-8-19(27)17(3)23(18)26;1-16-10-12-30(14-16)23-17(2)15-32-22(28-23)13-19(29-32)20-8-5-6-11-31(20)24(33)18-7-3-4-9-21(18)34-25(26)27;1-4-9-30-15-18(25)22(28-30)24(33)31-10-6-5-7-20(31)19-12-21-26-23(17(3)14-32(21)27-19)29-11-8-16(2)13-29/h7-8,12,14-15,21H,4-6,9-11,13H2,1-3H3;3-4,7,9,13,15-16,20,25H,5-6,8,10-12,14H2,1-2H3;12,14-16,20H,4-11,13H2,1-3H3/t15-,21-;2*16-,20-/m000/s1. The SMILES string of the molecule is CCCn1cc(Cl)c(C(=O)N2CCCC[C@H]2c2cc3nc(N4CC[C@H](C)C4)c(C)cn3n2)n1.Cc1cn2nc([C@@H]3CCCCN3C(=O)c3ccc(F)c(C)c3Cl)cc2nc1N1CC[C@H](C)C1.Cc1cn2nc([C@@H]3CCCCN3C(=O)c3ccccc3OC(F)F)cc2nc1N1CC[C@H](C)C1. The Bertz CT molecular complexity index is 4480. The fourth-order valence-electron chi connectivity index (χ4n) is 15.3. The minimum absolute atomic E-state index is 0.101. The summed E-state index contributed by atoms with van der Waals surface area (Å²) in [6.45, 7) is 22.4. The highest BCUT2D eigenvalue weighted by atomic mass is 35.5. The Hall–Kier alpha value is -8.51. The maximum Gasteiger partial charge on any atom is 0.387 e. The number of fused-ring (bicyclic) bond motifs is 3. The van der Waals surface area contributed by atoms with Gasteiger partial charge in [0.1, 0.15) is 29.0 Å². The van der Waals surface area contributed by atoms with Gasteiger partial charge < -0.3 is 34.1 Å². The molecule has 6 atom stereocenters. The van der Waals surface area contributed by atoms with Crippen LogP contribution in [0, 0.1) is 51.3 Å². The summed E-state index contributed by atoms with van der Waals surface area (Å²) in [5.74, 6) is 3.92. The van der Waals surface area contributed by atoms with Gasteiger partial charge in [-0.05, 0) is 153 Å². The molecule has 6 fully saturated rings. The summed E-state index contributed by atoms with van der Waals surface area (Å²) in [5, 5.41) is 19.5. The van der Waals surface area contributed by atoms with Gasteiger partial charge in [0, 0.05) is 131 Å². The van der Waals surface area contributed by atoms with E-state index >= 15 is 0 Å². The van der Waals surface area contributed by atoms with Gasteiger partial charge >= 0.3 is 6.61 Å². The molecule has 100 heavy (non-hydrogen) atoms. The maximum atomic E-state index is 13.9. The number of carbonyl (C=O) groups is 3. The van der Waals surface area contributed by atoms with Crippen molar-refractivity contribution in [3.05, 3.63) is 151 Å². The first kappa shape index (κ1) is 69.9. The summed E-state index contributed by atoms with van der Waals surface area (Å²) >= 11 is 12.8. The highest BCUT2D eigenvalue weighted by Gasteiger charge is 2.37. The smallest absolute Gasteiger partial charge is 0.387 e. The number of hydrogen-bond donors (Lipinski definition) is 0. The molecule has 6 aliphatic heterocycles. The average molecular weight is 1410 g/mol. The van der Waals surface area contributed by atoms with Gasteiger partial charge in [-0.2, -0.15) is 29.2 Å². The van der Waals surface area contributed by atoms with E-state index in [1.54, 1.807) is 39.4 Å². The lowest BCUT2D eigenvalue weighted by Crippen LogP contribution is -2.39. The van der Waals surface area contributed by atoms with Crippen molar-refractivity contribution in [3.63, 3.8) is 0 Å². The molecular formula is C74H90Cl2F3N17O4. The summed E-state index contributed by atoms with van der Waals surface area (Å²) in [6.07, 6.45) is 20.5. The van der Waals surface area contributed by atoms with Gasteiger partial charge in [-0.15, -0.1) is 0 Å². The molecule has 7 aromatic heterocycles. The number of carbonyl (C=O) groups excluding carboxylic acids is 3. The highest BCUT2D eigenvalue weighted by Crippen LogP contribution is 2.39. The number of halogens is 5. The number of hydrogen-bond acceptors (Lipinski definition) is 14. The maximum absolute atomic E-state index is 13.9. The van der Waals surface area contributed by atoms with Crippen molar-refractivity contribution < 1.29 is 32.3 Å². The molecule has 0 N–H and O–H groups in total. The molecule has 0 bridgehead atoms. The fraction of sp³-hybridized carbons (Fsp3) is 0.514. The second kappa shape index (κ2) is 30.0. The normalized spacial score (nSPS) is 21.2. The Morgan fingerprint density at radius 2 is 0.950 bits per heavy atom. The number of nitrogens with zero attached hydrogens (tertiary/aromatic N) is 17. The van der Waals surface area contributed by atoms with Crippen LogP contribution in [0.25, 0.3) is 16.9 Å². The molecule has 0 saturated carbocycles. The Kier molecular flexibility index (Phi) is 21.0. The Balaban J connectivity index is 0.000000134. The molecule has 21 nitrogen and oxygen atoms in total. The van der Waals surface area contributed by atoms with Crippen molar-refractivity contribution in [1.29, 1.82) is 0 Å². The van der Waals surface area contributed by atoms with E-state index in [-0.39, 0.29) is 52.2 Å². The lowest BCUT2D eigenvalue weighted by molar-refractivity contribution is -0.0503. The van der Waals surface area contributed by atoms with Crippen LogP contribution >= 0.6 is 23.2 Å². The van der Waals surface area contributed by atoms with Crippen LogP contribution in [0.5, 0.6) is 5.75 Å². The van der Waals surface area contributed by atoms with Crippen LogP contribution in [0.4, 0.5) is 30.6 Å². The Morgan fingerprint density at radius 3 is 1.36 bits per heavy atom.